The molecule has 0 unspecified atom stereocenters. The standard InChI is InChI=1S/C12H18N6O/c13-6-2-1-3-10-7-18(17-15-10)8-11-14-12(16-19-11)9-4-5-9/h7,9H,1-6,8,13H2. The molecule has 0 bridgehead atoms. The van der Waals surface area contributed by atoms with Crippen LogP contribution in [0.15, 0.2) is 10.7 Å². The molecule has 7 nitrogen and oxygen atoms in total. The molecule has 1 saturated carbocycles. The van der Waals surface area contributed by atoms with E-state index in [1.54, 1.807) is 4.68 Å². The molecule has 0 radical (unpaired) electrons. The second-order valence-electron chi connectivity index (χ2n) is 4.97. The Morgan fingerprint density at radius 1 is 1.37 bits per heavy atom. The van der Waals surface area contributed by atoms with Crippen molar-refractivity contribution in [2.45, 2.75) is 44.6 Å². The van der Waals surface area contributed by atoms with E-state index in [9.17, 15) is 0 Å². The maximum Gasteiger partial charge on any atom is 0.248 e. The molecule has 2 heterocycles. The largest absolute Gasteiger partial charge is 0.337 e. The van der Waals surface area contributed by atoms with Crippen molar-refractivity contribution in [2.75, 3.05) is 6.54 Å². The van der Waals surface area contributed by atoms with Crippen LogP contribution in [-0.2, 0) is 13.0 Å². The molecule has 1 fully saturated rings. The minimum atomic E-state index is 0.490. The first-order chi connectivity index (χ1) is 9.35. The highest BCUT2D eigenvalue weighted by Crippen LogP contribution is 2.38. The number of nitrogens with zero attached hydrogens (tertiary/aromatic N) is 5. The minimum absolute atomic E-state index is 0.490. The highest BCUT2D eigenvalue weighted by atomic mass is 16.5. The highest BCUT2D eigenvalue weighted by molar-refractivity contribution is 5.03. The van der Waals surface area contributed by atoms with Crippen LogP contribution in [0.4, 0.5) is 0 Å². The van der Waals surface area contributed by atoms with Crippen molar-refractivity contribution in [1.82, 2.24) is 25.1 Å². The number of nitrogens with two attached hydrogens (primary N) is 1. The third-order valence-electron chi connectivity index (χ3n) is 3.20. The molecular weight excluding hydrogens is 244 g/mol. The van der Waals surface area contributed by atoms with Crippen molar-refractivity contribution < 1.29 is 4.52 Å². The van der Waals surface area contributed by atoms with E-state index in [1.807, 2.05) is 6.20 Å². The molecule has 7 heteroatoms. The van der Waals surface area contributed by atoms with E-state index in [1.165, 1.54) is 12.8 Å². The Bertz CT molecular complexity index is 530. The van der Waals surface area contributed by atoms with Crippen molar-refractivity contribution in [2.24, 2.45) is 5.73 Å². The molecule has 0 saturated heterocycles. The second-order valence-corrected chi connectivity index (χ2v) is 4.97. The number of aryl methyl sites for hydroxylation is 1. The monoisotopic (exact) mass is 262 g/mol. The van der Waals surface area contributed by atoms with Gasteiger partial charge in [0, 0.05) is 12.1 Å². The van der Waals surface area contributed by atoms with Crippen molar-refractivity contribution in [1.29, 1.82) is 0 Å². The summed E-state index contributed by atoms with van der Waals surface area (Å²) in [5.74, 6) is 1.94. The quantitative estimate of drug-likeness (QED) is 0.744. The third-order valence-corrected chi connectivity index (χ3v) is 3.20. The molecule has 0 spiro atoms. The minimum Gasteiger partial charge on any atom is -0.337 e. The van der Waals surface area contributed by atoms with Crippen LogP contribution in [0.3, 0.4) is 0 Å². The molecule has 1 aliphatic rings. The van der Waals surface area contributed by atoms with E-state index in [-0.39, 0.29) is 0 Å². The first kappa shape index (κ1) is 12.3. The van der Waals surface area contributed by atoms with Crippen LogP contribution in [0.5, 0.6) is 0 Å². The van der Waals surface area contributed by atoms with Gasteiger partial charge in [-0.15, -0.1) is 5.10 Å². The lowest BCUT2D eigenvalue weighted by Gasteiger charge is -1.94. The Kier molecular flexibility index (Phi) is 3.54. The van der Waals surface area contributed by atoms with Crippen LogP contribution in [0.2, 0.25) is 0 Å². The van der Waals surface area contributed by atoms with Crippen molar-refractivity contribution >= 4 is 0 Å². The van der Waals surface area contributed by atoms with E-state index in [2.05, 4.69) is 20.5 Å². The molecule has 0 amide bonds. The predicted octanol–water partition coefficient (Wildman–Crippen LogP) is 0.868. The van der Waals surface area contributed by atoms with Gasteiger partial charge in [-0.3, -0.25) is 0 Å². The zero-order valence-corrected chi connectivity index (χ0v) is 10.8. The topological polar surface area (TPSA) is 95.7 Å². The van der Waals surface area contributed by atoms with Gasteiger partial charge in [0.2, 0.25) is 5.89 Å². The van der Waals surface area contributed by atoms with Crippen LogP contribution in [-0.4, -0.2) is 31.7 Å². The fraction of sp³-hybridized carbons (Fsp3) is 0.667. The van der Waals surface area contributed by atoms with Gasteiger partial charge in [-0.05, 0) is 38.6 Å². The Balaban J connectivity index is 1.56. The summed E-state index contributed by atoms with van der Waals surface area (Å²) in [6.07, 6.45) is 7.25. The van der Waals surface area contributed by atoms with E-state index < -0.39 is 0 Å². The molecular formula is C12H18N6O. The number of hydrogen-bond acceptors (Lipinski definition) is 6. The molecule has 3 rings (SSSR count). The SMILES string of the molecule is NCCCCc1cn(Cc2nc(C3CC3)no2)nn1. The third kappa shape index (κ3) is 3.17. The summed E-state index contributed by atoms with van der Waals surface area (Å²) in [5.41, 5.74) is 6.44. The van der Waals surface area contributed by atoms with Gasteiger partial charge in [0.1, 0.15) is 6.54 Å². The molecule has 0 aromatic carbocycles. The maximum atomic E-state index is 5.46. The van der Waals surface area contributed by atoms with Crippen LogP contribution >= 0.6 is 0 Å². The van der Waals surface area contributed by atoms with Crippen LogP contribution < -0.4 is 5.73 Å². The maximum absolute atomic E-state index is 5.46. The number of aromatic nitrogens is 5. The molecule has 1 aliphatic carbocycles. The molecule has 2 N–H and O–H groups in total. The smallest absolute Gasteiger partial charge is 0.248 e. The van der Waals surface area contributed by atoms with E-state index >= 15 is 0 Å². The number of rotatable bonds is 7. The van der Waals surface area contributed by atoms with Gasteiger partial charge in [-0.2, -0.15) is 4.98 Å². The molecule has 2 aromatic heterocycles. The first-order valence-electron chi connectivity index (χ1n) is 6.76. The van der Waals surface area contributed by atoms with E-state index in [4.69, 9.17) is 10.3 Å². The average Bonchev–Trinajstić information content (AvgIpc) is 3.00. The predicted molar refractivity (Wildman–Crippen MR) is 67.4 cm³/mol. The number of unbranched alkanes of at least 4 members (excludes halogenated alkanes) is 1. The Hall–Kier alpha value is -1.76. The Morgan fingerprint density at radius 3 is 3.05 bits per heavy atom. The van der Waals surface area contributed by atoms with Gasteiger partial charge >= 0.3 is 0 Å². The van der Waals surface area contributed by atoms with E-state index in [0.29, 0.717) is 18.4 Å². The summed E-state index contributed by atoms with van der Waals surface area (Å²) in [5, 5.41) is 12.2. The molecule has 2 aromatic rings. The van der Waals surface area contributed by atoms with Gasteiger partial charge in [0.05, 0.1) is 5.69 Å². The normalized spacial score (nSPS) is 15.0. The number of hydrogen-bond donors (Lipinski definition) is 1. The Morgan fingerprint density at radius 2 is 2.26 bits per heavy atom. The van der Waals surface area contributed by atoms with Gasteiger partial charge in [0.25, 0.3) is 0 Å². The summed E-state index contributed by atoms with van der Waals surface area (Å²) < 4.78 is 6.95. The summed E-state index contributed by atoms with van der Waals surface area (Å²) >= 11 is 0. The van der Waals surface area contributed by atoms with Gasteiger partial charge in [0.15, 0.2) is 5.82 Å². The zero-order chi connectivity index (χ0) is 13.1. The van der Waals surface area contributed by atoms with Crippen LogP contribution in [0.25, 0.3) is 0 Å². The summed E-state index contributed by atoms with van der Waals surface area (Å²) in [6, 6.07) is 0. The van der Waals surface area contributed by atoms with Crippen LogP contribution in [0, 0.1) is 0 Å². The first-order valence-corrected chi connectivity index (χ1v) is 6.76. The zero-order valence-electron chi connectivity index (χ0n) is 10.8. The van der Waals surface area contributed by atoms with Crippen molar-refractivity contribution in [3.05, 3.63) is 23.6 Å². The van der Waals surface area contributed by atoms with Gasteiger partial charge < -0.3 is 10.3 Å². The molecule has 0 atom stereocenters. The van der Waals surface area contributed by atoms with Gasteiger partial charge in [-0.1, -0.05) is 10.4 Å². The second kappa shape index (κ2) is 5.48. The molecule has 0 aliphatic heterocycles. The van der Waals surface area contributed by atoms with Crippen molar-refractivity contribution in [3.8, 4) is 0 Å². The van der Waals surface area contributed by atoms with Crippen molar-refractivity contribution in [3.63, 3.8) is 0 Å². The summed E-state index contributed by atoms with van der Waals surface area (Å²) in [7, 11) is 0. The van der Waals surface area contributed by atoms with E-state index in [0.717, 1.165) is 37.3 Å². The van der Waals surface area contributed by atoms with Gasteiger partial charge in [-0.25, -0.2) is 4.68 Å². The summed E-state index contributed by atoms with van der Waals surface area (Å²) in [6.45, 7) is 1.21. The fourth-order valence-corrected chi connectivity index (χ4v) is 1.96. The fourth-order valence-electron chi connectivity index (χ4n) is 1.96. The molecule has 102 valence electrons. The summed E-state index contributed by atoms with van der Waals surface area (Å²) in [4.78, 5) is 4.37. The lowest BCUT2D eigenvalue weighted by Crippen LogP contribution is -2.01. The lowest BCUT2D eigenvalue weighted by atomic mass is 10.2. The average molecular weight is 262 g/mol. The molecule has 19 heavy (non-hydrogen) atoms. The Labute approximate surface area is 111 Å². The lowest BCUT2D eigenvalue weighted by molar-refractivity contribution is 0.360. The van der Waals surface area contributed by atoms with Crippen LogP contribution in [0.1, 0.15) is 49.0 Å². The highest BCUT2D eigenvalue weighted by Gasteiger charge is 2.28.